The van der Waals surface area contributed by atoms with Gasteiger partial charge in [0, 0.05) is 25.7 Å². The molecule has 0 rings (SSSR count). The second-order valence-electron chi connectivity index (χ2n) is 24.5. The van der Waals surface area contributed by atoms with E-state index in [0.717, 1.165) is 108 Å². The second-order valence-corrected chi connectivity index (χ2v) is 27.4. The standard InChI is InChI=1S/C65H126O17P2/c1-7-9-11-13-15-17-24-31-37-43-49-64(69)81-60(53-75-62(67)47-41-35-29-16-14-12-10-8-2)55-79-83(71,72)77-51-59(66)52-78-84(73,74)80-56-61(54-76-63(68)48-42-36-30-26-21-23-28-34-40-46-58(5)6)82-65(70)50-44-38-32-25-20-18-19-22-27-33-39-45-57(3)4/h57-61,66H,7-56H2,1-6H3,(H,71,72)(H,73,74)/t59-,60+,61+/m0/s1. The van der Waals surface area contributed by atoms with Crippen LogP contribution in [0.5, 0.6) is 0 Å². The molecule has 3 N–H and O–H groups in total. The minimum Gasteiger partial charge on any atom is -0.462 e. The van der Waals surface area contributed by atoms with Crippen LogP contribution in [0.3, 0.4) is 0 Å². The van der Waals surface area contributed by atoms with Crippen molar-refractivity contribution in [1.82, 2.24) is 0 Å². The molecule has 0 saturated heterocycles. The first-order chi connectivity index (χ1) is 40.4. The Kier molecular flexibility index (Phi) is 56.2. The number of rotatable bonds is 64. The summed E-state index contributed by atoms with van der Waals surface area (Å²) in [6.45, 7) is 9.45. The van der Waals surface area contributed by atoms with Crippen LogP contribution in [0.15, 0.2) is 0 Å². The van der Waals surface area contributed by atoms with Crippen molar-refractivity contribution in [3.05, 3.63) is 0 Å². The molecular formula is C65H126O17P2. The van der Waals surface area contributed by atoms with Gasteiger partial charge in [0.25, 0.3) is 0 Å². The zero-order valence-electron chi connectivity index (χ0n) is 54.2. The smallest absolute Gasteiger partial charge is 0.462 e. The second kappa shape index (κ2) is 57.5. The molecular weight excluding hydrogens is 1110 g/mol. The van der Waals surface area contributed by atoms with E-state index in [1.807, 2.05) is 0 Å². The van der Waals surface area contributed by atoms with Gasteiger partial charge in [-0.15, -0.1) is 0 Å². The number of phosphoric ester groups is 2. The van der Waals surface area contributed by atoms with Crippen LogP contribution in [0, 0.1) is 11.8 Å². The van der Waals surface area contributed by atoms with Gasteiger partial charge >= 0.3 is 39.5 Å². The van der Waals surface area contributed by atoms with E-state index in [-0.39, 0.29) is 25.7 Å². The fraction of sp³-hybridized carbons (Fsp3) is 0.938. The van der Waals surface area contributed by atoms with Crippen molar-refractivity contribution in [2.75, 3.05) is 39.6 Å². The lowest BCUT2D eigenvalue weighted by Crippen LogP contribution is -2.30. The Balaban J connectivity index is 5.23. The summed E-state index contributed by atoms with van der Waals surface area (Å²) in [6.07, 6.45) is 40.3. The van der Waals surface area contributed by atoms with E-state index in [9.17, 15) is 43.2 Å². The van der Waals surface area contributed by atoms with Crippen LogP contribution in [0.4, 0.5) is 0 Å². The number of aliphatic hydroxyl groups excluding tert-OH is 1. The average molecular weight is 1240 g/mol. The molecule has 0 aliphatic carbocycles. The first kappa shape index (κ1) is 82.1. The number of esters is 4. The minimum atomic E-state index is -4.95. The number of ether oxygens (including phenoxy) is 4. The minimum absolute atomic E-state index is 0.106. The largest absolute Gasteiger partial charge is 0.472 e. The SMILES string of the molecule is CCCCCCCCCCCCC(=O)O[C@H](COC(=O)CCCCCCCCCC)COP(=O)(O)OC[C@H](O)COP(=O)(O)OC[C@@H](COC(=O)CCCCCCCCCCCC(C)C)OC(=O)CCCCCCCCCCCCCC(C)C. The van der Waals surface area contributed by atoms with Crippen molar-refractivity contribution in [3.63, 3.8) is 0 Å². The Labute approximate surface area is 511 Å². The number of carbonyl (C=O) groups is 4. The number of carbonyl (C=O) groups excluding carboxylic acids is 4. The molecule has 0 aromatic rings. The number of hydrogen-bond acceptors (Lipinski definition) is 15. The van der Waals surface area contributed by atoms with Crippen LogP contribution >= 0.6 is 15.6 Å². The summed E-state index contributed by atoms with van der Waals surface area (Å²) in [5.74, 6) is -0.625. The van der Waals surface area contributed by atoms with Gasteiger partial charge in [0.1, 0.15) is 19.3 Å². The fourth-order valence-electron chi connectivity index (χ4n) is 9.71. The molecule has 0 aliphatic rings. The molecule has 84 heavy (non-hydrogen) atoms. The Hall–Kier alpha value is -1.94. The monoisotopic (exact) mass is 1240 g/mol. The Morgan fingerprint density at radius 3 is 0.810 bits per heavy atom. The lowest BCUT2D eigenvalue weighted by Gasteiger charge is -2.21. The molecule has 0 aromatic heterocycles. The highest BCUT2D eigenvalue weighted by molar-refractivity contribution is 7.47. The highest BCUT2D eigenvalue weighted by Gasteiger charge is 2.30. The quantitative estimate of drug-likeness (QED) is 0.0222. The van der Waals surface area contributed by atoms with Crippen LogP contribution < -0.4 is 0 Å². The Bertz CT molecular complexity index is 1650. The van der Waals surface area contributed by atoms with Crippen LogP contribution in [-0.4, -0.2) is 96.7 Å². The summed E-state index contributed by atoms with van der Waals surface area (Å²) in [5.41, 5.74) is 0. The third-order valence-electron chi connectivity index (χ3n) is 15.0. The predicted octanol–water partition coefficient (Wildman–Crippen LogP) is 18.0. The maximum Gasteiger partial charge on any atom is 0.472 e. The molecule has 0 amide bonds. The molecule has 0 heterocycles. The molecule has 19 heteroatoms. The average Bonchev–Trinajstić information content (AvgIpc) is 3.56. The van der Waals surface area contributed by atoms with Crippen molar-refractivity contribution < 1.29 is 80.2 Å². The molecule has 498 valence electrons. The van der Waals surface area contributed by atoms with E-state index in [2.05, 4.69) is 41.5 Å². The third-order valence-corrected chi connectivity index (χ3v) is 16.9. The Morgan fingerprint density at radius 2 is 0.548 bits per heavy atom. The van der Waals surface area contributed by atoms with E-state index in [1.165, 1.54) is 135 Å². The zero-order valence-corrected chi connectivity index (χ0v) is 56.0. The molecule has 2 unspecified atom stereocenters. The van der Waals surface area contributed by atoms with Gasteiger partial charge in [0.15, 0.2) is 12.2 Å². The topological polar surface area (TPSA) is 237 Å². The van der Waals surface area contributed by atoms with Crippen molar-refractivity contribution in [2.24, 2.45) is 11.8 Å². The van der Waals surface area contributed by atoms with Gasteiger partial charge in [-0.25, -0.2) is 9.13 Å². The number of unbranched alkanes of at least 4 members (excludes halogenated alkanes) is 34. The summed E-state index contributed by atoms with van der Waals surface area (Å²) < 4.78 is 68.0. The highest BCUT2D eigenvalue weighted by atomic mass is 31.2. The van der Waals surface area contributed by atoms with E-state index >= 15 is 0 Å². The van der Waals surface area contributed by atoms with Gasteiger partial charge < -0.3 is 33.8 Å². The number of phosphoric acid groups is 2. The van der Waals surface area contributed by atoms with E-state index < -0.39 is 97.5 Å². The van der Waals surface area contributed by atoms with Crippen LogP contribution in [0.1, 0.15) is 324 Å². The van der Waals surface area contributed by atoms with Gasteiger partial charge in [-0.2, -0.15) is 0 Å². The van der Waals surface area contributed by atoms with E-state index in [1.54, 1.807) is 0 Å². The predicted molar refractivity (Wildman–Crippen MR) is 335 cm³/mol. The van der Waals surface area contributed by atoms with Gasteiger partial charge in [-0.3, -0.25) is 37.3 Å². The zero-order chi connectivity index (χ0) is 62.2. The van der Waals surface area contributed by atoms with Crippen molar-refractivity contribution in [2.45, 2.75) is 342 Å². The lowest BCUT2D eigenvalue weighted by atomic mass is 10.0. The fourth-order valence-corrected chi connectivity index (χ4v) is 11.3. The normalized spacial score (nSPS) is 14.3. The van der Waals surface area contributed by atoms with E-state index in [4.69, 9.17) is 37.0 Å². The van der Waals surface area contributed by atoms with Gasteiger partial charge in [-0.05, 0) is 37.5 Å². The lowest BCUT2D eigenvalue weighted by molar-refractivity contribution is -0.161. The summed E-state index contributed by atoms with van der Waals surface area (Å²) in [6, 6.07) is 0. The summed E-state index contributed by atoms with van der Waals surface area (Å²) in [5, 5.41) is 10.5. The van der Waals surface area contributed by atoms with Crippen LogP contribution in [0.25, 0.3) is 0 Å². The molecule has 0 radical (unpaired) electrons. The van der Waals surface area contributed by atoms with Gasteiger partial charge in [0.05, 0.1) is 26.4 Å². The summed E-state index contributed by atoms with van der Waals surface area (Å²) in [4.78, 5) is 72.2. The van der Waals surface area contributed by atoms with Gasteiger partial charge in [0.2, 0.25) is 0 Å². The maximum atomic E-state index is 13.0. The molecule has 0 saturated carbocycles. The first-order valence-electron chi connectivity index (χ1n) is 34.0. The van der Waals surface area contributed by atoms with Gasteiger partial charge in [-0.1, -0.05) is 273 Å². The van der Waals surface area contributed by atoms with Crippen molar-refractivity contribution >= 4 is 39.5 Å². The van der Waals surface area contributed by atoms with E-state index in [0.29, 0.717) is 25.7 Å². The Morgan fingerprint density at radius 1 is 0.321 bits per heavy atom. The number of hydrogen-bond donors (Lipinski definition) is 3. The molecule has 17 nitrogen and oxygen atoms in total. The first-order valence-corrected chi connectivity index (χ1v) is 37.0. The molecule has 0 fully saturated rings. The molecule has 0 aromatic carbocycles. The summed E-state index contributed by atoms with van der Waals surface area (Å²) >= 11 is 0. The number of aliphatic hydroxyl groups is 1. The van der Waals surface area contributed by atoms with Crippen molar-refractivity contribution in [3.8, 4) is 0 Å². The van der Waals surface area contributed by atoms with Crippen molar-refractivity contribution in [1.29, 1.82) is 0 Å². The molecule has 0 spiro atoms. The highest BCUT2D eigenvalue weighted by Crippen LogP contribution is 2.45. The molecule has 0 aliphatic heterocycles. The summed E-state index contributed by atoms with van der Waals surface area (Å²) in [7, 11) is -9.89. The van der Waals surface area contributed by atoms with Crippen LogP contribution in [-0.2, 0) is 65.4 Å². The molecule has 5 atom stereocenters. The molecule has 0 bridgehead atoms. The third kappa shape index (κ3) is 59.0. The van der Waals surface area contributed by atoms with Crippen LogP contribution in [0.2, 0.25) is 0 Å². The maximum absolute atomic E-state index is 13.0.